The summed E-state index contributed by atoms with van der Waals surface area (Å²) in [6, 6.07) is 12.9. The Labute approximate surface area is 211 Å². The monoisotopic (exact) mass is 495 g/mol. The summed E-state index contributed by atoms with van der Waals surface area (Å²) >= 11 is 0. The molecule has 10 heteroatoms. The molecule has 0 unspecified atom stereocenters. The van der Waals surface area contributed by atoms with Crippen LogP contribution in [0.1, 0.15) is 30.2 Å². The molecule has 192 valence electrons. The molecule has 0 saturated heterocycles. The van der Waals surface area contributed by atoms with Gasteiger partial charge in [0.25, 0.3) is 5.91 Å². The molecule has 3 aromatic rings. The van der Waals surface area contributed by atoms with Crippen LogP contribution in [0.2, 0.25) is 0 Å². The molecule has 36 heavy (non-hydrogen) atoms. The number of hydrogen-bond donors (Lipinski definition) is 1. The minimum absolute atomic E-state index is 0.0576. The van der Waals surface area contributed by atoms with Crippen molar-refractivity contribution in [2.24, 2.45) is 0 Å². The van der Waals surface area contributed by atoms with Crippen molar-refractivity contribution in [3.8, 4) is 23.0 Å². The van der Waals surface area contributed by atoms with Gasteiger partial charge in [-0.15, -0.1) is 10.2 Å². The third kappa shape index (κ3) is 5.88. The molecule has 1 N–H and O–H groups in total. The zero-order valence-electron chi connectivity index (χ0n) is 21.2. The van der Waals surface area contributed by atoms with Gasteiger partial charge in [-0.25, -0.2) is 0 Å². The summed E-state index contributed by atoms with van der Waals surface area (Å²) in [6.07, 6.45) is 0.759. The molecule has 0 saturated carbocycles. The fourth-order valence-electron chi connectivity index (χ4n) is 4.37. The fourth-order valence-corrected chi connectivity index (χ4v) is 4.37. The molecule has 1 aliphatic rings. The van der Waals surface area contributed by atoms with E-state index in [0.29, 0.717) is 23.0 Å². The number of fused-ring (bicyclic) bond motifs is 1. The quantitative estimate of drug-likeness (QED) is 0.458. The molecule has 0 fully saturated rings. The van der Waals surface area contributed by atoms with Gasteiger partial charge in [0.2, 0.25) is 5.75 Å². The van der Waals surface area contributed by atoms with Crippen molar-refractivity contribution in [1.82, 2.24) is 25.0 Å². The Balaban J connectivity index is 1.37. The normalized spacial score (nSPS) is 14.3. The van der Waals surface area contributed by atoms with Crippen molar-refractivity contribution < 1.29 is 23.7 Å². The SMILES string of the molecule is COc1cc(CN2CCc3nnc([C@@H](C)NC(=O)COc4ccccc4)n3CC2)cc(OC)c1OC. The average molecular weight is 496 g/mol. The standard InChI is InChI=1S/C26H33N5O5/c1-18(27-24(32)17-36-20-8-6-5-7-9-20)26-29-28-23-10-11-30(12-13-31(23)26)16-19-14-21(33-2)25(35-4)22(15-19)34-3/h5-9,14-15,18H,10-13,16-17H2,1-4H3,(H,27,32)/t18-/m1/s1. The summed E-state index contributed by atoms with van der Waals surface area (Å²) in [4.78, 5) is 14.8. The number of nitrogens with zero attached hydrogens (tertiary/aromatic N) is 4. The zero-order valence-corrected chi connectivity index (χ0v) is 21.2. The summed E-state index contributed by atoms with van der Waals surface area (Å²) in [5.41, 5.74) is 1.07. The molecular weight excluding hydrogens is 462 g/mol. The van der Waals surface area contributed by atoms with Gasteiger partial charge >= 0.3 is 0 Å². The van der Waals surface area contributed by atoms with Gasteiger partial charge in [-0.1, -0.05) is 18.2 Å². The molecule has 2 heterocycles. The smallest absolute Gasteiger partial charge is 0.258 e. The maximum Gasteiger partial charge on any atom is 0.258 e. The second-order valence-electron chi connectivity index (χ2n) is 8.58. The molecule has 1 aliphatic heterocycles. The van der Waals surface area contributed by atoms with Crippen molar-refractivity contribution in [2.75, 3.05) is 41.0 Å². The third-order valence-corrected chi connectivity index (χ3v) is 6.16. The van der Waals surface area contributed by atoms with Crippen molar-refractivity contribution >= 4 is 5.91 Å². The summed E-state index contributed by atoms with van der Waals surface area (Å²) in [5.74, 6) is 3.97. The average Bonchev–Trinajstić information content (AvgIpc) is 3.21. The molecule has 4 rings (SSSR count). The van der Waals surface area contributed by atoms with E-state index in [9.17, 15) is 4.79 Å². The largest absolute Gasteiger partial charge is 0.493 e. The van der Waals surface area contributed by atoms with Crippen molar-refractivity contribution in [1.29, 1.82) is 0 Å². The molecule has 0 spiro atoms. The fraction of sp³-hybridized carbons (Fsp3) is 0.423. The van der Waals surface area contributed by atoms with E-state index in [4.69, 9.17) is 18.9 Å². The van der Waals surface area contributed by atoms with Gasteiger partial charge in [0.1, 0.15) is 11.6 Å². The van der Waals surface area contributed by atoms with E-state index < -0.39 is 0 Å². The number of amides is 1. The summed E-state index contributed by atoms with van der Waals surface area (Å²) in [6.45, 7) is 4.96. The molecule has 0 radical (unpaired) electrons. The van der Waals surface area contributed by atoms with Crippen molar-refractivity contribution in [3.63, 3.8) is 0 Å². The number of methoxy groups -OCH3 is 3. The minimum atomic E-state index is -0.292. The molecule has 10 nitrogen and oxygen atoms in total. The topological polar surface area (TPSA) is 100.0 Å². The Bertz CT molecular complexity index is 1140. The lowest BCUT2D eigenvalue weighted by atomic mass is 10.1. The maximum atomic E-state index is 12.4. The highest BCUT2D eigenvalue weighted by molar-refractivity contribution is 5.77. The number of carbonyl (C=O) groups excluding carboxylic acids is 1. The van der Waals surface area contributed by atoms with Gasteiger partial charge in [-0.3, -0.25) is 9.69 Å². The highest BCUT2D eigenvalue weighted by Crippen LogP contribution is 2.38. The first kappa shape index (κ1) is 25.3. The minimum Gasteiger partial charge on any atom is -0.493 e. The molecule has 0 aliphatic carbocycles. The molecule has 2 aromatic carbocycles. The number of hydrogen-bond acceptors (Lipinski definition) is 8. The summed E-state index contributed by atoms with van der Waals surface area (Å²) in [7, 11) is 4.84. The number of carbonyl (C=O) groups is 1. The van der Waals surface area contributed by atoms with Crippen molar-refractivity contribution in [3.05, 3.63) is 59.7 Å². The summed E-state index contributed by atoms with van der Waals surface area (Å²) < 4.78 is 24.1. The Kier molecular flexibility index (Phi) is 8.27. The first-order chi connectivity index (χ1) is 17.5. The molecule has 0 bridgehead atoms. The van der Waals surface area contributed by atoms with Crippen LogP contribution in [0.25, 0.3) is 0 Å². The first-order valence-electron chi connectivity index (χ1n) is 11.9. The van der Waals surface area contributed by atoms with Gasteiger partial charge in [-0.2, -0.15) is 0 Å². The van der Waals surface area contributed by atoms with Gasteiger partial charge in [0, 0.05) is 32.6 Å². The second-order valence-corrected chi connectivity index (χ2v) is 8.58. The van der Waals surface area contributed by atoms with Crippen LogP contribution in [0.3, 0.4) is 0 Å². The van der Waals surface area contributed by atoms with Crippen LogP contribution in [0, 0.1) is 0 Å². The van der Waals surface area contributed by atoms with E-state index in [1.165, 1.54) is 0 Å². The van der Waals surface area contributed by atoms with Crippen LogP contribution in [-0.4, -0.2) is 66.6 Å². The van der Waals surface area contributed by atoms with Crippen molar-refractivity contribution in [2.45, 2.75) is 32.5 Å². The predicted molar refractivity (Wildman–Crippen MR) is 134 cm³/mol. The van der Waals surface area contributed by atoms with Gasteiger partial charge in [0.15, 0.2) is 23.9 Å². The number of aromatic nitrogens is 3. The van der Waals surface area contributed by atoms with Crippen LogP contribution >= 0.6 is 0 Å². The van der Waals surface area contributed by atoms with E-state index in [2.05, 4.69) is 25.0 Å². The lowest BCUT2D eigenvalue weighted by Crippen LogP contribution is -2.33. The molecule has 1 aromatic heterocycles. The van der Waals surface area contributed by atoms with Gasteiger partial charge in [-0.05, 0) is 36.8 Å². The number of nitrogens with one attached hydrogen (secondary N) is 1. The number of rotatable bonds is 10. The number of ether oxygens (including phenoxy) is 4. The maximum absolute atomic E-state index is 12.4. The van der Waals surface area contributed by atoms with Crippen LogP contribution in [-0.2, 0) is 24.3 Å². The van der Waals surface area contributed by atoms with Crippen LogP contribution in [0.4, 0.5) is 0 Å². The highest BCUT2D eigenvalue weighted by atomic mass is 16.5. The Morgan fingerprint density at radius 1 is 1.00 bits per heavy atom. The van der Waals surface area contributed by atoms with E-state index >= 15 is 0 Å². The Morgan fingerprint density at radius 2 is 1.72 bits per heavy atom. The molecule has 1 amide bonds. The van der Waals surface area contributed by atoms with Gasteiger partial charge < -0.3 is 28.8 Å². The Hall–Kier alpha value is -3.79. The lowest BCUT2D eigenvalue weighted by Gasteiger charge is -2.21. The first-order valence-corrected chi connectivity index (χ1v) is 11.9. The molecule has 1 atom stereocenters. The highest BCUT2D eigenvalue weighted by Gasteiger charge is 2.23. The summed E-state index contributed by atoms with van der Waals surface area (Å²) in [5, 5.41) is 11.8. The predicted octanol–water partition coefficient (Wildman–Crippen LogP) is 2.62. The van der Waals surface area contributed by atoms with Gasteiger partial charge in [0.05, 0.1) is 27.4 Å². The van der Waals surface area contributed by atoms with E-state index in [-0.39, 0.29) is 18.6 Å². The molecular formula is C26H33N5O5. The number of para-hydroxylation sites is 1. The van der Waals surface area contributed by atoms with E-state index in [1.54, 1.807) is 21.3 Å². The van der Waals surface area contributed by atoms with Crippen LogP contribution in [0.15, 0.2) is 42.5 Å². The third-order valence-electron chi connectivity index (χ3n) is 6.16. The number of benzene rings is 2. The van der Waals surface area contributed by atoms with Crippen LogP contribution < -0.4 is 24.3 Å². The van der Waals surface area contributed by atoms with Crippen LogP contribution in [0.5, 0.6) is 23.0 Å². The van der Waals surface area contributed by atoms with E-state index in [1.807, 2.05) is 49.4 Å². The lowest BCUT2D eigenvalue weighted by molar-refractivity contribution is -0.123. The van der Waals surface area contributed by atoms with E-state index in [0.717, 1.165) is 49.8 Å². The Morgan fingerprint density at radius 3 is 2.39 bits per heavy atom. The zero-order chi connectivity index (χ0) is 25.5. The second kappa shape index (κ2) is 11.8.